The van der Waals surface area contributed by atoms with Gasteiger partial charge < -0.3 is 19.9 Å². The minimum Gasteiger partial charge on any atom is -0.477 e. The summed E-state index contributed by atoms with van der Waals surface area (Å²) in [6.07, 6.45) is 13.4. The highest BCUT2D eigenvalue weighted by Crippen LogP contribution is 2.39. The number of allylic oxidation sites excluding steroid dienone is 2. The van der Waals surface area contributed by atoms with E-state index in [9.17, 15) is 19.5 Å². The molecule has 8 nitrogen and oxygen atoms in total. The molecule has 2 N–H and O–H groups in total. The molecule has 4 rings (SSSR count). The number of aromatic nitrogens is 2. The molecular weight excluding hydrogens is 488 g/mol. The van der Waals surface area contributed by atoms with E-state index >= 15 is 0 Å². The molecule has 1 unspecified atom stereocenters. The van der Waals surface area contributed by atoms with Crippen LogP contribution in [0, 0.1) is 11.8 Å². The first-order chi connectivity index (χ1) is 17.7. The van der Waals surface area contributed by atoms with E-state index in [4.69, 9.17) is 0 Å². The predicted octanol–water partition coefficient (Wildman–Crippen LogP) is 5.37. The van der Waals surface area contributed by atoms with Crippen LogP contribution in [-0.4, -0.2) is 44.5 Å². The van der Waals surface area contributed by atoms with Gasteiger partial charge in [-0.1, -0.05) is 25.2 Å². The lowest BCUT2D eigenvalue weighted by molar-refractivity contribution is -0.123. The summed E-state index contributed by atoms with van der Waals surface area (Å²) in [4.78, 5) is 45.1. The third-order valence-electron chi connectivity index (χ3n) is 7.27. The van der Waals surface area contributed by atoms with Crippen molar-refractivity contribution in [2.24, 2.45) is 11.8 Å². The molecule has 1 atom stereocenters. The Morgan fingerprint density at radius 3 is 2.57 bits per heavy atom. The van der Waals surface area contributed by atoms with E-state index in [2.05, 4.69) is 17.2 Å². The van der Waals surface area contributed by atoms with Crippen molar-refractivity contribution in [3.8, 4) is 0 Å². The molecule has 198 valence electrons. The van der Waals surface area contributed by atoms with E-state index in [1.165, 1.54) is 11.3 Å². The first-order valence-corrected chi connectivity index (χ1v) is 13.9. The number of carbonyl (C=O) groups excluding carboxylic acids is 2. The second-order valence-corrected chi connectivity index (χ2v) is 11.3. The van der Waals surface area contributed by atoms with Gasteiger partial charge in [-0.3, -0.25) is 9.59 Å². The Balaban J connectivity index is 1.52. The van der Waals surface area contributed by atoms with E-state index in [0.717, 1.165) is 36.1 Å². The van der Waals surface area contributed by atoms with Crippen molar-refractivity contribution in [1.29, 1.82) is 0 Å². The Morgan fingerprint density at radius 2 is 1.97 bits per heavy atom. The Hall–Kier alpha value is -3.20. The number of anilines is 1. The molecule has 9 heteroatoms. The molecule has 2 aliphatic carbocycles. The van der Waals surface area contributed by atoms with Crippen LogP contribution in [0.25, 0.3) is 5.57 Å². The van der Waals surface area contributed by atoms with Crippen LogP contribution >= 0.6 is 11.3 Å². The number of hydrogen-bond donors (Lipinski definition) is 2. The van der Waals surface area contributed by atoms with Crippen LogP contribution in [-0.2, 0) is 11.3 Å². The van der Waals surface area contributed by atoms with Gasteiger partial charge in [-0.05, 0) is 70.4 Å². The van der Waals surface area contributed by atoms with E-state index in [1.54, 1.807) is 22.0 Å². The van der Waals surface area contributed by atoms with Gasteiger partial charge in [-0.15, -0.1) is 11.3 Å². The molecule has 0 aliphatic heterocycles. The summed E-state index contributed by atoms with van der Waals surface area (Å²) in [5.41, 5.74) is 1.89. The zero-order chi connectivity index (χ0) is 26.7. The van der Waals surface area contributed by atoms with E-state index in [0.29, 0.717) is 30.3 Å². The summed E-state index contributed by atoms with van der Waals surface area (Å²) in [7, 11) is 0. The number of carboxylic acid groups (broad SMARTS) is 1. The summed E-state index contributed by atoms with van der Waals surface area (Å²) in [5, 5.41) is 13.0. The van der Waals surface area contributed by atoms with Crippen LogP contribution in [0.4, 0.5) is 5.69 Å². The highest BCUT2D eigenvalue weighted by atomic mass is 32.1. The molecule has 0 bridgehead atoms. The van der Waals surface area contributed by atoms with Crippen LogP contribution in [0.15, 0.2) is 36.8 Å². The van der Waals surface area contributed by atoms with Gasteiger partial charge in [0.15, 0.2) is 0 Å². The average molecular weight is 525 g/mol. The first kappa shape index (κ1) is 26.9. The highest BCUT2D eigenvalue weighted by molar-refractivity contribution is 7.15. The molecule has 0 spiro atoms. The van der Waals surface area contributed by atoms with Crippen LogP contribution in [0.5, 0.6) is 0 Å². The lowest BCUT2D eigenvalue weighted by Gasteiger charge is -2.33. The van der Waals surface area contributed by atoms with Crippen molar-refractivity contribution >= 4 is 40.4 Å². The van der Waals surface area contributed by atoms with Gasteiger partial charge in [-0.2, -0.15) is 0 Å². The van der Waals surface area contributed by atoms with Crippen LogP contribution in [0.2, 0.25) is 0 Å². The highest BCUT2D eigenvalue weighted by Gasteiger charge is 2.33. The SMILES string of the molecule is CCn1cncc1C(=O)NC1C=CC(c2cc(N(C(=O)C3CCC(C)CC3)C(C)C)c(C(=O)O)s2)=CC1. The average Bonchev–Trinajstić information content (AvgIpc) is 3.52. The van der Waals surface area contributed by atoms with Gasteiger partial charge >= 0.3 is 5.97 Å². The minimum absolute atomic E-state index is 0.0241. The lowest BCUT2D eigenvalue weighted by Crippen LogP contribution is -2.42. The fourth-order valence-electron chi connectivity index (χ4n) is 5.13. The largest absolute Gasteiger partial charge is 0.477 e. The number of imidazole rings is 1. The zero-order valence-electron chi connectivity index (χ0n) is 21.9. The molecule has 0 saturated heterocycles. The van der Waals surface area contributed by atoms with Crippen molar-refractivity contribution in [2.45, 2.75) is 78.4 Å². The second-order valence-electron chi connectivity index (χ2n) is 10.3. The Morgan fingerprint density at radius 1 is 1.24 bits per heavy atom. The van der Waals surface area contributed by atoms with Gasteiger partial charge in [-0.25, -0.2) is 9.78 Å². The molecule has 2 amide bonds. The number of nitrogens with one attached hydrogen (secondary N) is 1. The third-order valence-corrected chi connectivity index (χ3v) is 8.43. The lowest BCUT2D eigenvalue weighted by atomic mass is 9.82. The van der Waals surface area contributed by atoms with Crippen molar-refractivity contribution in [1.82, 2.24) is 14.9 Å². The third kappa shape index (κ3) is 5.87. The van der Waals surface area contributed by atoms with Crippen molar-refractivity contribution in [2.75, 3.05) is 4.90 Å². The van der Waals surface area contributed by atoms with Gasteiger partial charge in [0.05, 0.1) is 24.3 Å². The molecule has 2 aromatic heterocycles. The van der Waals surface area contributed by atoms with E-state index in [1.807, 2.05) is 45.1 Å². The quantitative estimate of drug-likeness (QED) is 0.483. The van der Waals surface area contributed by atoms with Gasteiger partial charge in [0.25, 0.3) is 5.91 Å². The van der Waals surface area contributed by atoms with Crippen molar-refractivity contribution in [3.63, 3.8) is 0 Å². The van der Waals surface area contributed by atoms with Crippen molar-refractivity contribution < 1.29 is 19.5 Å². The number of thiophene rings is 1. The van der Waals surface area contributed by atoms with Crippen molar-refractivity contribution in [3.05, 3.63) is 52.3 Å². The number of carbonyl (C=O) groups is 3. The smallest absolute Gasteiger partial charge is 0.348 e. The fourth-order valence-corrected chi connectivity index (χ4v) is 6.13. The van der Waals surface area contributed by atoms with Crippen LogP contribution < -0.4 is 10.2 Å². The molecule has 0 aromatic carbocycles. The summed E-state index contributed by atoms with van der Waals surface area (Å²) in [6, 6.07) is 1.52. The molecule has 2 heterocycles. The first-order valence-electron chi connectivity index (χ1n) is 13.1. The van der Waals surface area contributed by atoms with Gasteiger partial charge in [0.2, 0.25) is 5.91 Å². The maximum Gasteiger partial charge on any atom is 0.348 e. The number of rotatable bonds is 8. The number of carboxylic acids is 1. The normalized spacial score (nSPS) is 21.5. The number of amides is 2. The standard InChI is InChI=1S/C28H36N4O4S/c1-5-31-16-29-15-23(31)26(33)30-21-12-10-19(11-13-21)24-14-22(25(37-24)28(35)36)32(17(2)3)27(34)20-8-6-18(4)7-9-20/h10-12,14-18,20-21H,5-9,13H2,1-4H3,(H,30,33)(H,35,36). The molecule has 1 fully saturated rings. The zero-order valence-corrected chi connectivity index (χ0v) is 22.8. The minimum atomic E-state index is -1.03. The monoisotopic (exact) mass is 524 g/mol. The summed E-state index contributed by atoms with van der Waals surface area (Å²) < 4.78 is 1.79. The molecular formula is C28H36N4O4S. The molecule has 0 radical (unpaired) electrons. The Kier molecular flexibility index (Phi) is 8.32. The summed E-state index contributed by atoms with van der Waals surface area (Å²) >= 11 is 1.19. The number of hydrogen-bond acceptors (Lipinski definition) is 5. The fraction of sp³-hybridized carbons (Fsp3) is 0.500. The number of aryl methyl sites for hydroxylation is 1. The Labute approximate surface area is 222 Å². The maximum absolute atomic E-state index is 13.6. The van der Waals surface area contributed by atoms with Gasteiger partial charge in [0.1, 0.15) is 10.6 Å². The molecule has 2 aliphatic rings. The van der Waals surface area contributed by atoms with Gasteiger partial charge in [0, 0.05) is 23.4 Å². The maximum atomic E-state index is 13.6. The van der Waals surface area contributed by atoms with E-state index in [-0.39, 0.29) is 34.7 Å². The number of nitrogens with zero attached hydrogens (tertiary/aromatic N) is 3. The summed E-state index contributed by atoms with van der Waals surface area (Å²) in [6.45, 7) is 8.71. The van der Waals surface area contributed by atoms with Crippen LogP contribution in [0.3, 0.4) is 0 Å². The van der Waals surface area contributed by atoms with Crippen LogP contribution in [0.1, 0.15) is 84.8 Å². The Bertz CT molecular complexity index is 1220. The number of aromatic carboxylic acids is 1. The molecule has 1 saturated carbocycles. The second kappa shape index (κ2) is 11.5. The molecule has 2 aromatic rings. The predicted molar refractivity (Wildman–Crippen MR) is 146 cm³/mol. The molecule has 37 heavy (non-hydrogen) atoms. The van der Waals surface area contributed by atoms with E-state index < -0.39 is 5.97 Å². The topological polar surface area (TPSA) is 105 Å². The summed E-state index contributed by atoms with van der Waals surface area (Å²) in [5.74, 6) is -0.617.